The van der Waals surface area contributed by atoms with Gasteiger partial charge in [-0.05, 0) is 43.3 Å². The first-order valence-electron chi connectivity index (χ1n) is 8.52. The van der Waals surface area contributed by atoms with Crippen LogP contribution in [0.25, 0.3) is 0 Å². The monoisotopic (exact) mass is 373 g/mol. The first kappa shape index (κ1) is 18.2. The van der Waals surface area contributed by atoms with Crippen LogP contribution in [-0.2, 0) is 0 Å². The molecule has 1 aromatic carbocycles. The van der Waals surface area contributed by atoms with Crippen molar-refractivity contribution in [2.75, 3.05) is 32.8 Å². The number of carbonyl (C=O) groups excluding carboxylic acids is 2. The average Bonchev–Trinajstić information content (AvgIpc) is 2.68. The van der Waals surface area contributed by atoms with Crippen molar-refractivity contribution in [1.82, 2.24) is 14.8 Å². The van der Waals surface area contributed by atoms with Gasteiger partial charge < -0.3 is 14.5 Å². The van der Waals surface area contributed by atoms with Crippen LogP contribution in [0.4, 0.5) is 0 Å². The summed E-state index contributed by atoms with van der Waals surface area (Å²) in [5.41, 5.74) is 1.05. The molecule has 1 aromatic heterocycles. The standard InChI is InChI=1S/C19H20ClN3O3/c1-2-26-17-16(4-3-9-21-17)19(25)23-12-10-22(11-13-23)18(24)14-5-7-15(20)8-6-14/h3-9H,2,10-13H2,1H3. The molecule has 2 amide bonds. The molecule has 2 aromatic rings. The molecule has 0 N–H and O–H groups in total. The summed E-state index contributed by atoms with van der Waals surface area (Å²) >= 11 is 5.87. The molecule has 26 heavy (non-hydrogen) atoms. The van der Waals surface area contributed by atoms with Gasteiger partial charge in [0.25, 0.3) is 11.8 Å². The number of hydrogen-bond acceptors (Lipinski definition) is 4. The van der Waals surface area contributed by atoms with Crippen molar-refractivity contribution < 1.29 is 14.3 Å². The largest absolute Gasteiger partial charge is 0.477 e. The molecule has 0 radical (unpaired) electrons. The molecule has 1 saturated heterocycles. The van der Waals surface area contributed by atoms with E-state index in [2.05, 4.69) is 4.98 Å². The van der Waals surface area contributed by atoms with Crippen molar-refractivity contribution >= 4 is 23.4 Å². The Hall–Kier alpha value is -2.60. The minimum atomic E-state index is -0.125. The second-order valence-electron chi connectivity index (χ2n) is 5.88. The van der Waals surface area contributed by atoms with Crippen LogP contribution in [0.3, 0.4) is 0 Å². The molecule has 1 fully saturated rings. The van der Waals surface area contributed by atoms with Crippen LogP contribution in [-0.4, -0.2) is 59.4 Å². The van der Waals surface area contributed by atoms with Crippen LogP contribution in [0.2, 0.25) is 5.02 Å². The topological polar surface area (TPSA) is 62.7 Å². The highest BCUT2D eigenvalue weighted by molar-refractivity contribution is 6.30. The Morgan fingerprint density at radius 2 is 1.65 bits per heavy atom. The van der Waals surface area contributed by atoms with Gasteiger partial charge >= 0.3 is 0 Å². The van der Waals surface area contributed by atoms with E-state index in [1.54, 1.807) is 52.4 Å². The summed E-state index contributed by atoms with van der Waals surface area (Å²) in [5, 5.41) is 0.596. The van der Waals surface area contributed by atoms with Gasteiger partial charge in [0.2, 0.25) is 5.88 Å². The van der Waals surface area contributed by atoms with E-state index in [0.29, 0.717) is 54.8 Å². The summed E-state index contributed by atoms with van der Waals surface area (Å²) in [6.07, 6.45) is 1.60. The summed E-state index contributed by atoms with van der Waals surface area (Å²) in [5.74, 6) is 0.171. The molecule has 6 nitrogen and oxygen atoms in total. The van der Waals surface area contributed by atoms with Gasteiger partial charge in [-0.3, -0.25) is 9.59 Å². The van der Waals surface area contributed by atoms with Gasteiger partial charge in [-0.15, -0.1) is 0 Å². The van der Waals surface area contributed by atoms with Gasteiger partial charge in [-0.2, -0.15) is 0 Å². The van der Waals surface area contributed by atoms with Crippen LogP contribution in [0.1, 0.15) is 27.6 Å². The van der Waals surface area contributed by atoms with Crippen LogP contribution in [0.5, 0.6) is 5.88 Å². The summed E-state index contributed by atoms with van der Waals surface area (Å²) < 4.78 is 5.44. The van der Waals surface area contributed by atoms with Gasteiger partial charge in [0.05, 0.1) is 6.61 Å². The molecule has 0 saturated carbocycles. The molecule has 136 valence electrons. The highest BCUT2D eigenvalue weighted by Gasteiger charge is 2.27. The number of halogens is 1. The molecule has 1 aliphatic heterocycles. The van der Waals surface area contributed by atoms with E-state index in [9.17, 15) is 9.59 Å². The van der Waals surface area contributed by atoms with E-state index in [-0.39, 0.29) is 11.8 Å². The maximum atomic E-state index is 12.8. The number of amides is 2. The van der Waals surface area contributed by atoms with Crippen molar-refractivity contribution in [3.63, 3.8) is 0 Å². The van der Waals surface area contributed by atoms with E-state index in [0.717, 1.165) is 0 Å². The normalized spacial score (nSPS) is 14.2. The lowest BCUT2D eigenvalue weighted by Crippen LogP contribution is -2.50. The Bertz CT molecular complexity index is 787. The lowest BCUT2D eigenvalue weighted by molar-refractivity contribution is 0.0532. The molecule has 7 heteroatoms. The summed E-state index contributed by atoms with van der Waals surface area (Å²) in [6, 6.07) is 10.3. The third-order valence-electron chi connectivity index (χ3n) is 4.23. The molecule has 3 rings (SSSR count). The zero-order chi connectivity index (χ0) is 18.5. The summed E-state index contributed by atoms with van der Waals surface area (Å²) in [4.78, 5) is 32.9. The molecule has 0 spiro atoms. The maximum absolute atomic E-state index is 12.8. The van der Waals surface area contributed by atoms with Crippen molar-refractivity contribution in [2.45, 2.75) is 6.92 Å². The first-order chi connectivity index (χ1) is 12.6. The van der Waals surface area contributed by atoms with E-state index < -0.39 is 0 Å². The van der Waals surface area contributed by atoms with E-state index in [4.69, 9.17) is 16.3 Å². The molecule has 0 unspecified atom stereocenters. The van der Waals surface area contributed by atoms with Gasteiger partial charge in [0, 0.05) is 43.0 Å². The van der Waals surface area contributed by atoms with Crippen molar-refractivity contribution in [1.29, 1.82) is 0 Å². The number of hydrogen-bond donors (Lipinski definition) is 0. The van der Waals surface area contributed by atoms with Crippen LogP contribution in [0.15, 0.2) is 42.6 Å². The smallest absolute Gasteiger partial charge is 0.259 e. The summed E-state index contributed by atoms with van der Waals surface area (Å²) in [6.45, 7) is 4.21. The molecular formula is C19H20ClN3O3. The fraction of sp³-hybridized carbons (Fsp3) is 0.316. The Kier molecular flexibility index (Phi) is 5.73. The Balaban J connectivity index is 1.64. The molecule has 0 bridgehead atoms. The minimum Gasteiger partial charge on any atom is -0.477 e. The number of rotatable bonds is 4. The van der Waals surface area contributed by atoms with Crippen LogP contribution in [0, 0.1) is 0 Å². The quantitative estimate of drug-likeness (QED) is 0.826. The van der Waals surface area contributed by atoms with Gasteiger partial charge in [0.1, 0.15) is 5.56 Å². The van der Waals surface area contributed by atoms with Gasteiger partial charge in [0.15, 0.2) is 0 Å². The number of ether oxygens (including phenoxy) is 1. The second-order valence-corrected chi connectivity index (χ2v) is 6.32. The fourth-order valence-electron chi connectivity index (χ4n) is 2.86. The average molecular weight is 374 g/mol. The Morgan fingerprint density at radius 3 is 2.27 bits per heavy atom. The highest BCUT2D eigenvalue weighted by atomic mass is 35.5. The van der Waals surface area contributed by atoms with Crippen LogP contribution >= 0.6 is 11.6 Å². The van der Waals surface area contributed by atoms with E-state index in [1.165, 1.54) is 0 Å². The predicted octanol–water partition coefficient (Wildman–Crippen LogP) is 2.73. The SMILES string of the molecule is CCOc1ncccc1C(=O)N1CCN(C(=O)c2ccc(Cl)cc2)CC1. The van der Waals surface area contributed by atoms with E-state index in [1.807, 2.05) is 6.92 Å². The number of pyridine rings is 1. The van der Waals surface area contributed by atoms with Crippen LogP contribution < -0.4 is 4.74 Å². The molecular weight excluding hydrogens is 354 g/mol. The number of carbonyl (C=O) groups is 2. The number of aromatic nitrogens is 1. The van der Waals surface area contributed by atoms with Crippen molar-refractivity contribution in [2.24, 2.45) is 0 Å². The number of piperazine rings is 1. The third kappa shape index (κ3) is 3.96. The molecule has 0 aliphatic carbocycles. The zero-order valence-corrected chi connectivity index (χ0v) is 15.3. The number of nitrogens with zero attached hydrogens (tertiary/aromatic N) is 3. The van der Waals surface area contributed by atoms with Gasteiger partial charge in [-0.25, -0.2) is 4.98 Å². The van der Waals surface area contributed by atoms with Gasteiger partial charge in [-0.1, -0.05) is 11.6 Å². The predicted molar refractivity (Wildman–Crippen MR) is 98.7 cm³/mol. The van der Waals surface area contributed by atoms with Crippen molar-refractivity contribution in [3.05, 3.63) is 58.7 Å². The zero-order valence-electron chi connectivity index (χ0n) is 14.5. The Morgan fingerprint density at radius 1 is 1.04 bits per heavy atom. The molecule has 0 atom stereocenters. The third-order valence-corrected chi connectivity index (χ3v) is 4.48. The Labute approximate surface area is 157 Å². The summed E-state index contributed by atoms with van der Waals surface area (Å²) in [7, 11) is 0. The lowest BCUT2D eigenvalue weighted by Gasteiger charge is -2.35. The highest BCUT2D eigenvalue weighted by Crippen LogP contribution is 2.19. The second kappa shape index (κ2) is 8.19. The minimum absolute atomic E-state index is 0.0508. The maximum Gasteiger partial charge on any atom is 0.259 e. The lowest BCUT2D eigenvalue weighted by atomic mass is 10.1. The molecule has 2 heterocycles. The van der Waals surface area contributed by atoms with E-state index >= 15 is 0 Å². The first-order valence-corrected chi connectivity index (χ1v) is 8.90. The number of benzene rings is 1. The fourth-order valence-corrected chi connectivity index (χ4v) is 2.99. The molecule has 1 aliphatic rings. The van der Waals surface area contributed by atoms with Crippen molar-refractivity contribution in [3.8, 4) is 5.88 Å².